The van der Waals surface area contributed by atoms with Crippen molar-refractivity contribution in [2.75, 3.05) is 13.1 Å². The number of hydrogen-bond acceptors (Lipinski definition) is 5. The fourth-order valence-corrected chi connectivity index (χ4v) is 4.55. The Balaban J connectivity index is 1.52. The maximum Gasteiger partial charge on any atom is 0.349 e. The first-order chi connectivity index (χ1) is 13.4. The Kier molecular flexibility index (Phi) is 5.21. The highest BCUT2D eigenvalue weighted by molar-refractivity contribution is 6.31. The second kappa shape index (κ2) is 7.50. The van der Waals surface area contributed by atoms with Gasteiger partial charge in [-0.1, -0.05) is 18.5 Å². The van der Waals surface area contributed by atoms with E-state index in [9.17, 15) is 14.7 Å². The summed E-state index contributed by atoms with van der Waals surface area (Å²) < 4.78 is 11.6. The smallest absolute Gasteiger partial charge is 0.349 e. The molecule has 2 aliphatic rings. The van der Waals surface area contributed by atoms with Gasteiger partial charge in [0.25, 0.3) is 5.91 Å². The Morgan fingerprint density at radius 3 is 2.79 bits per heavy atom. The van der Waals surface area contributed by atoms with Crippen LogP contribution < -0.4 is 5.63 Å². The van der Waals surface area contributed by atoms with Gasteiger partial charge in [0, 0.05) is 29.9 Å². The zero-order valence-electron chi connectivity index (χ0n) is 15.8. The first-order valence-corrected chi connectivity index (χ1v) is 10.2. The van der Waals surface area contributed by atoms with Crippen molar-refractivity contribution < 1.29 is 19.1 Å². The lowest BCUT2D eigenvalue weighted by Crippen LogP contribution is -2.54. The van der Waals surface area contributed by atoms with Gasteiger partial charge in [0.15, 0.2) is 0 Å². The van der Waals surface area contributed by atoms with E-state index in [1.54, 1.807) is 29.2 Å². The summed E-state index contributed by atoms with van der Waals surface area (Å²) in [7, 11) is 0. The summed E-state index contributed by atoms with van der Waals surface area (Å²) >= 11 is 6.01. The molecule has 2 aromatic rings. The van der Waals surface area contributed by atoms with Gasteiger partial charge in [0.05, 0.1) is 17.8 Å². The number of nitrogens with zero attached hydrogens (tertiary/aromatic N) is 1. The first kappa shape index (κ1) is 19.4. The number of benzene rings is 1. The number of piperidine rings is 1. The largest absolute Gasteiger partial charge is 0.422 e. The topological polar surface area (TPSA) is 80.0 Å². The molecule has 28 heavy (non-hydrogen) atoms. The van der Waals surface area contributed by atoms with Crippen LogP contribution >= 0.6 is 11.6 Å². The quantitative estimate of drug-likeness (QED) is 0.775. The molecule has 1 aromatic carbocycles. The molecular weight excluding hydrogens is 382 g/mol. The van der Waals surface area contributed by atoms with Crippen molar-refractivity contribution in [2.45, 2.75) is 56.8 Å². The Bertz CT molecular complexity index is 947. The van der Waals surface area contributed by atoms with Gasteiger partial charge in [0.2, 0.25) is 0 Å². The van der Waals surface area contributed by atoms with E-state index in [1.165, 1.54) is 0 Å². The lowest BCUT2D eigenvalue weighted by atomic mass is 9.81. The fraction of sp³-hybridized carbons (Fsp3) is 0.524. The van der Waals surface area contributed by atoms with Crippen LogP contribution in [-0.4, -0.2) is 46.8 Å². The minimum absolute atomic E-state index is 0.0155. The van der Waals surface area contributed by atoms with Crippen molar-refractivity contribution in [3.8, 4) is 0 Å². The van der Waals surface area contributed by atoms with Crippen molar-refractivity contribution in [3.05, 3.63) is 45.3 Å². The third-order valence-corrected chi connectivity index (χ3v) is 6.14. The number of aliphatic hydroxyl groups is 1. The number of carbonyl (C=O) groups is 1. The van der Waals surface area contributed by atoms with Gasteiger partial charge in [0.1, 0.15) is 11.1 Å². The Labute approximate surface area is 168 Å². The SMILES string of the molecule is CC[C@H]1C[C@@H](O)CC2(CCN(C(=O)c3cc4cc(Cl)ccc4oc3=O)CC2)O1. The molecule has 1 aromatic heterocycles. The number of ether oxygens (including phenoxy) is 1. The minimum Gasteiger partial charge on any atom is -0.422 e. The molecule has 2 saturated heterocycles. The number of carbonyl (C=O) groups excluding carboxylic acids is 1. The molecular formula is C21H24ClNO5. The molecule has 3 heterocycles. The predicted molar refractivity (Wildman–Crippen MR) is 106 cm³/mol. The van der Waals surface area contributed by atoms with Crippen molar-refractivity contribution >= 4 is 28.5 Å². The molecule has 0 bridgehead atoms. The Morgan fingerprint density at radius 2 is 2.07 bits per heavy atom. The van der Waals surface area contributed by atoms with Gasteiger partial charge in [-0.2, -0.15) is 0 Å². The number of amides is 1. The molecule has 1 N–H and O–H groups in total. The third-order valence-electron chi connectivity index (χ3n) is 5.90. The van der Waals surface area contributed by atoms with Crippen LogP contribution in [0.2, 0.25) is 5.02 Å². The zero-order valence-corrected chi connectivity index (χ0v) is 16.6. The van der Waals surface area contributed by atoms with Crippen LogP contribution in [0.5, 0.6) is 0 Å². The van der Waals surface area contributed by atoms with E-state index < -0.39 is 5.63 Å². The van der Waals surface area contributed by atoms with Crippen LogP contribution in [-0.2, 0) is 4.74 Å². The van der Waals surface area contributed by atoms with Crippen molar-refractivity contribution in [2.24, 2.45) is 0 Å². The average Bonchev–Trinajstić information content (AvgIpc) is 2.67. The van der Waals surface area contributed by atoms with E-state index >= 15 is 0 Å². The summed E-state index contributed by atoms with van der Waals surface area (Å²) in [5, 5.41) is 11.3. The number of rotatable bonds is 2. The van der Waals surface area contributed by atoms with E-state index in [-0.39, 0.29) is 29.3 Å². The lowest BCUT2D eigenvalue weighted by molar-refractivity contribution is -0.179. The fourth-order valence-electron chi connectivity index (χ4n) is 4.37. The number of likely N-dealkylation sites (tertiary alicyclic amines) is 1. The summed E-state index contributed by atoms with van der Waals surface area (Å²) in [6.45, 7) is 3.02. The van der Waals surface area contributed by atoms with Gasteiger partial charge >= 0.3 is 5.63 Å². The molecule has 0 unspecified atom stereocenters. The Morgan fingerprint density at radius 1 is 1.32 bits per heavy atom. The molecule has 2 aliphatic heterocycles. The van der Waals surface area contributed by atoms with E-state index in [2.05, 4.69) is 6.92 Å². The van der Waals surface area contributed by atoms with Gasteiger partial charge < -0.3 is 19.2 Å². The van der Waals surface area contributed by atoms with Gasteiger partial charge in [-0.05, 0) is 49.9 Å². The number of hydrogen-bond donors (Lipinski definition) is 1. The number of fused-ring (bicyclic) bond motifs is 1. The van der Waals surface area contributed by atoms with Crippen LogP contribution in [0.1, 0.15) is 49.4 Å². The van der Waals surface area contributed by atoms with Gasteiger partial charge in [-0.3, -0.25) is 4.79 Å². The summed E-state index contributed by atoms with van der Waals surface area (Å²) in [4.78, 5) is 26.9. The van der Waals surface area contributed by atoms with E-state index in [4.69, 9.17) is 20.8 Å². The molecule has 150 valence electrons. The molecule has 1 spiro atoms. The zero-order chi connectivity index (χ0) is 19.9. The summed E-state index contributed by atoms with van der Waals surface area (Å²) in [6, 6.07) is 6.48. The molecule has 2 atom stereocenters. The summed E-state index contributed by atoms with van der Waals surface area (Å²) in [6.07, 6.45) is 3.13. The van der Waals surface area contributed by atoms with Crippen LogP contribution in [0.3, 0.4) is 0 Å². The molecule has 1 amide bonds. The highest BCUT2D eigenvalue weighted by Crippen LogP contribution is 2.38. The maximum atomic E-state index is 12.9. The Hall–Kier alpha value is -1.89. The van der Waals surface area contributed by atoms with Crippen molar-refractivity contribution in [3.63, 3.8) is 0 Å². The van der Waals surface area contributed by atoms with Crippen molar-refractivity contribution in [1.82, 2.24) is 4.90 Å². The highest BCUT2D eigenvalue weighted by atomic mass is 35.5. The van der Waals surface area contributed by atoms with Gasteiger partial charge in [-0.15, -0.1) is 0 Å². The third kappa shape index (κ3) is 3.69. The maximum absolute atomic E-state index is 12.9. The monoisotopic (exact) mass is 405 g/mol. The molecule has 6 nitrogen and oxygen atoms in total. The van der Waals surface area contributed by atoms with Crippen molar-refractivity contribution in [1.29, 1.82) is 0 Å². The molecule has 2 fully saturated rings. The normalized spacial score (nSPS) is 24.6. The minimum atomic E-state index is -0.643. The number of aliphatic hydroxyl groups excluding tert-OH is 1. The lowest BCUT2D eigenvalue weighted by Gasteiger charge is -2.47. The second-order valence-electron chi connectivity index (χ2n) is 7.85. The summed E-state index contributed by atoms with van der Waals surface area (Å²) in [5.74, 6) is -0.339. The molecule has 7 heteroatoms. The molecule has 4 rings (SSSR count). The van der Waals surface area contributed by atoms with Gasteiger partial charge in [-0.25, -0.2) is 4.79 Å². The molecule has 0 radical (unpaired) electrons. The van der Waals surface area contributed by atoms with E-state index in [0.29, 0.717) is 54.8 Å². The second-order valence-corrected chi connectivity index (χ2v) is 8.28. The average molecular weight is 406 g/mol. The van der Waals surface area contributed by atoms with E-state index in [0.717, 1.165) is 6.42 Å². The van der Waals surface area contributed by atoms with Crippen LogP contribution in [0.15, 0.2) is 33.5 Å². The molecule has 0 saturated carbocycles. The molecule has 0 aliphatic carbocycles. The predicted octanol–water partition coefficient (Wildman–Crippen LogP) is 3.37. The van der Waals surface area contributed by atoms with Crippen LogP contribution in [0, 0.1) is 0 Å². The summed E-state index contributed by atoms with van der Waals surface area (Å²) in [5.41, 5.74) is -0.604. The van der Waals surface area contributed by atoms with Crippen LogP contribution in [0.25, 0.3) is 11.0 Å². The van der Waals surface area contributed by atoms with Crippen LogP contribution in [0.4, 0.5) is 0 Å². The standard InChI is InChI=1S/C21H24ClNO5/c1-2-16-11-15(24)12-21(28-16)5-7-23(8-6-21)19(25)17-10-13-9-14(22)3-4-18(13)27-20(17)26/h3-4,9-10,15-16,24H,2,5-8,11-12H2,1H3/t15-,16+/m1/s1. The first-order valence-electron chi connectivity index (χ1n) is 9.78. The number of halogens is 1. The van der Waals surface area contributed by atoms with E-state index in [1.807, 2.05) is 0 Å². The highest BCUT2D eigenvalue weighted by Gasteiger charge is 2.43.